The van der Waals surface area contributed by atoms with Gasteiger partial charge in [0.15, 0.2) is 0 Å². The Morgan fingerprint density at radius 1 is 0.905 bits per heavy atom. The molecule has 0 saturated heterocycles. The van der Waals surface area contributed by atoms with Crippen molar-refractivity contribution in [1.29, 1.82) is 0 Å². The van der Waals surface area contributed by atoms with Gasteiger partial charge in [0.25, 0.3) is 11.8 Å². The van der Waals surface area contributed by atoms with Gasteiger partial charge in [-0.25, -0.2) is 22.5 Å². The average molecular weight is 596 g/mol. The summed E-state index contributed by atoms with van der Waals surface area (Å²) < 4.78 is 99.0. The van der Waals surface area contributed by atoms with Crippen molar-refractivity contribution in [2.24, 2.45) is 0 Å². The zero-order valence-electron chi connectivity index (χ0n) is 22.0. The highest BCUT2D eigenvalue weighted by Crippen LogP contribution is 2.37. The van der Waals surface area contributed by atoms with E-state index in [1.54, 1.807) is 0 Å². The molecule has 0 fully saturated rings. The van der Waals surface area contributed by atoms with E-state index < -0.39 is 62.2 Å². The zero-order chi connectivity index (χ0) is 30.7. The molecule has 0 aliphatic carbocycles. The van der Waals surface area contributed by atoms with Gasteiger partial charge >= 0.3 is 6.18 Å². The van der Waals surface area contributed by atoms with E-state index in [1.165, 1.54) is 49.5 Å². The van der Waals surface area contributed by atoms with Crippen LogP contribution in [0, 0.1) is 5.82 Å². The van der Waals surface area contributed by atoms with Gasteiger partial charge < -0.3 is 15.1 Å². The van der Waals surface area contributed by atoms with E-state index in [1.807, 2.05) is 5.32 Å². The minimum absolute atomic E-state index is 0.00362. The molecule has 4 rings (SSSR count). The van der Waals surface area contributed by atoms with Crippen molar-refractivity contribution in [2.75, 3.05) is 27.1 Å². The predicted octanol–water partition coefficient (Wildman–Crippen LogP) is 6.53. The molecule has 0 unspecified atom stereocenters. The Labute approximate surface area is 234 Å². The molecule has 0 bridgehead atoms. The summed E-state index contributed by atoms with van der Waals surface area (Å²) in [5.74, 6) is -2.17. The Hall–Kier alpha value is -4.42. The Morgan fingerprint density at radius 3 is 2.17 bits per heavy atom. The number of furan rings is 1. The number of nitrogens with one attached hydrogen (secondary N) is 2. The number of carbonyl (C=O) groups is 2. The molecule has 0 aliphatic rings. The Bertz CT molecular complexity index is 1590. The number of amides is 2. The summed E-state index contributed by atoms with van der Waals surface area (Å²) in [6.07, 6.45) is -6.39. The number of alkyl halides is 6. The van der Waals surface area contributed by atoms with Crippen molar-refractivity contribution in [3.05, 3.63) is 77.2 Å². The van der Waals surface area contributed by atoms with E-state index in [9.17, 15) is 40.3 Å². The van der Waals surface area contributed by atoms with E-state index in [0.717, 1.165) is 12.1 Å². The first-order chi connectivity index (χ1) is 19.9. The molecular weight excluding hydrogens is 571 g/mol. The smallest absolute Gasteiger partial charge is 0.389 e. The molecule has 0 radical (unpaired) electrons. The van der Waals surface area contributed by atoms with Crippen LogP contribution >= 0.6 is 0 Å². The fourth-order valence-corrected chi connectivity index (χ4v) is 4.26. The third kappa shape index (κ3) is 6.39. The third-order valence-electron chi connectivity index (χ3n) is 6.55. The molecule has 42 heavy (non-hydrogen) atoms. The van der Waals surface area contributed by atoms with E-state index in [0.29, 0.717) is 5.56 Å². The van der Waals surface area contributed by atoms with Gasteiger partial charge in [0.05, 0.1) is 16.6 Å². The molecule has 6 nitrogen and oxygen atoms in total. The fourth-order valence-electron chi connectivity index (χ4n) is 4.26. The average Bonchev–Trinajstić information content (AvgIpc) is 3.36. The largest absolute Gasteiger partial charge is 0.437 e. The minimum atomic E-state index is -4.54. The molecule has 0 aliphatic heterocycles. The lowest BCUT2D eigenvalue weighted by atomic mass is 9.96. The summed E-state index contributed by atoms with van der Waals surface area (Å²) in [5, 5.41) is 4.59. The summed E-state index contributed by atoms with van der Waals surface area (Å²) in [4.78, 5) is 30.0. The van der Waals surface area contributed by atoms with Crippen LogP contribution in [0.1, 0.15) is 32.8 Å². The van der Waals surface area contributed by atoms with E-state index >= 15 is 0 Å². The standard InChI is InChI=1S/C29H24F7N3O3/c1-37-26(41)23-21-12-20(17-3-2-4-18(11-17)25(40)39-28(13-30,14-31)15-32)22(9-10-29(34,35)36)38-27(21)42-24(23)16-5-7-19(33)8-6-16/h2-8,11-12H,9-10,13-15H2,1H3,(H,37,41)(H,39,40). The van der Waals surface area contributed by atoms with Crippen LogP contribution in [0.3, 0.4) is 0 Å². The number of fused-ring (bicyclic) bond motifs is 1. The van der Waals surface area contributed by atoms with Crippen LogP contribution in [-0.2, 0) is 6.42 Å². The highest BCUT2D eigenvalue weighted by Gasteiger charge is 2.33. The van der Waals surface area contributed by atoms with E-state index in [2.05, 4.69) is 10.3 Å². The van der Waals surface area contributed by atoms with Gasteiger partial charge in [-0.1, -0.05) is 12.1 Å². The quantitative estimate of drug-likeness (QED) is 0.204. The van der Waals surface area contributed by atoms with Crippen molar-refractivity contribution < 1.29 is 44.7 Å². The molecule has 2 N–H and O–H groups in total. The number of pyridine rings is 1. The van der Waals surface area contributed by atoms with E-state index in [-0.39, 0.29) is 44.8 Å². The topological polar surface area (TPSA) is 84.2 Å². The maximum absolute atomic E-state index is 13.5. The monoisotopic (exact) mass is 595 g/mol. The molecule has 2 heterocycles. The van der Waals surface area contributed by atoms with Crippen LogP contribution in [0.25, 0.3) is 33.6 Å². The Kier molecular flexibility index (Phi) is 8.88. The van der Waals surface area contributed by atoms with Gasteiger partial charge in [-0.15, -0.1) is 0 Å². The molecule has 4 aromatic rings. The molecule has 0 atom stereocenters. The summed E-state index contributed by atoms with van der Waals surface area (Å²) in [7, 11) is 1.36. The SMILES string of the molecule is CNC(=O)c1c(-c2ccc(F)cc2)oc2nc(CCC(F)(F)F)c(-c3cccc(C(=O)NC(CF)(CF)CF)c3)cc12. The molecule has 2 aromatic heterocycles. The number of carbonyl (C=O) groups excluding carboxylic acids is 2. The Balaban J connectivity index is 1.90. The first-order valence-electron chi connectivity index (χ1n) is 12.6. The number of benzene rings is 2. The van der Waals surface area contributed by atoms with E-state index in [4.69, 9.17) is 4.42 Å². The lowest BCUT2D eigenvalue weighted by Crippen LogP contribution is -2.54. The second-order valence-corrected chi connectivity index (χ2v) is 9.56. The molecule has 222 valence electrons. The highest BCUT2D eigenvalue weighted by molar-refractivity contribution is 6.11. The van der Waals surface area contributed by atoms with Crippen LogP contribution in [0.4, 0.5) is 30.7 Å². The number of aryl methyl sites for hydroxylation is 1. The zero-order valence-corrected chi connectivity index (χ0v) is 22.0. The molecule has 13 heteroatoms. The number of halogens is 7. The molecule has 2 aromatic carbocycles. The summed E-state index contributed by atoms with van der Waals surface area (Å²) >= 11 is 0. The lowest BCUT2D eigenvalue weighted by molar-refractivity contribution is -0.134. The molecular formula is C29H24F7N3O3. The second-order valence-electron chi connectivity index (χ2n) is 9.56. The number of rotatable bonds is 10. The summed E-state index contributed by atoms with van der Waals surface area (Å²) in [6.45, 7) is -4.52. The highest BCUT2D eigenvalue weighted by atomic mass is 19.4. The molecule has 0 saturated carbocycles. The van der Waals surface area contributed by atoms with Crippen LogP contribution in [0.5, 0.6) is 0 Å². The lowest BCUT2D eigenvalue weighted by Gasteiger charge is -2.25. The molecule has 2 amide bonds. The first kappa shape index (κ1) is 30.5. The normalized spacial score (nSPS) is 12.0. The molecule has 0 spiro atoms. The van der Waals surface area contributed by atoms with Crippen molar-refractivity contribution in [3.63, 3.8) is 0 Å². The second kappa shape index (κ2) is 12.2. The predicted molar refractivity (Wildman–Crippen MR) is 141 cm³/mol. The van der Waals surface area contributed by atoms with Gasteiger partial charge in [-0.3, -0.25) is 9.59 Å². The van der Waals surface area contributed by atoms with Gasteiger partial charge in [0.1, 0.15) is 37.1 Å². The maximum Gasteiger partial charge on any atom is 0.389 e. The number of nitrogens with zero attached hydrogens (tertiary/aromatic N) is 1. The fraction of sp³-hybridized carbons (Fsp3) is 0.276. The summed E-state index contributed by atoms with van der Waals surface area (Å²) in [5.41, 5.74) is -2.16. The van der Waals surface area contributed by atoms with Crippen molar-refractivity contribution in [2.45, 2.75) is 24.6 Å². The number of aromatic nitrogens is 1. The van der Waals surface area contributed by atoms with Gasteiger partial charge in [-0.2, -0.15) is 13.2 Å². The van der Waals surface area contributed by atoms with Gasteiger partial charge in [0, 0.05) is 30.2 Å². The maximum atomic E-state index is 13.5. The van der Waals surface area contributed by atoms with Crippen LogP contribution in [-0.4, -0.2) is 55.6 Å². The minimum Gasteiger partial charge on any atom is -0.437 e. The number of hydrogen-bond acceptors (Lipinski definition) is 4. The van der Waals surface area contributed by atoms with Crippen LogP contribution < -0.4 is 10.6 Å². The van der Waals surface area contributed by atoms with Crippen LogP contribution in [0.2, 0.25) is 0 Å². The van der Waals surface area contributed by atoms with Gasteiger partial charge in [0.2, 0.25) is 5.71 Å². The Morgan fingerprint density at radius 2 is 1.57 bits per heavy atom. The van der Waals surface area contributed by atoms with Crippen molar-refractivity contribution >= 4 is 22.9 Å². The number of hydrogen-bond donors (Lipinski definition) is 2. The van der Waals surface area contributed by atoms with Crippen LogP contribution in [0.15, 0.2) is 59.0 Å². The van der Waals surface area contributed by atoms with Gasteiger partial charge in [-0.05, 0) is 54.4 Å². The summed E-state index contributed by atoms with van der Waals surface area (Å²) in [6, 6.07) is 11.8. The third-order valence-corrected chi connectivity index (χ3v) is 6.55. The first-order valence-corrected chi connectivity index (χ1v) is 12.6. The van der Waals surface area contributed by atoms with Crippen molar-refractivity contribution in [3.8, 4) is 22.5 Å². The van der Waals surface area contributed by atoms with Crippen molar-refractivity contribution in [1.82, 2.24) is 15.6 Å².